The van der Waals surface area contributed by atoms with E-state index in [-0.39, 0.29) is 29.2 Å². The fourth-order valence-electron chi connectivity index (χ4n) is 3.20. The Morgan fingerprint density at radius 2 is 2.00 bits per heavy atom. The summed E-state index contributed by atoms with van der Waals surface area (Å²) in [7, 11) is -3.08. The van der Waals surface area contributed by atoms with Crippen LogP contribution in [-0.2, 0) is 14.6 Å². The van der Waals surface area contributed by atoms with Gasteiger partial charge in [-0.15, -0.1) is 0 Å². The van der Waals surface area contributed by atoms with Crippen LogP contribution in [0.3, 0.4) is 0 Å². The predicted octanol–water partition coefficient (Wildman–Crippen LogP) is 0.472. The minimum absolute atomic E-state index is 0.0524. The van der Waals surface area contributed by atoms with Crippen molar-refractivity contribution < 1.29 is 18.3 Å². The van der Waals surface area contributed by atoms with Gasteiger partial charge in [-0.05, 0) is 25.7 Å². The summed E-state index contributed by atoms with van der Waals surface area (Å²) in [5.74, 6) is -0.0582. The van der Waals surface area contributed by atoms with Crippen molar-refractivity contribution in [2.75, 3.05) is 18.1 Å². The van der Waals surface area contributed by atoms with E-state index in [0.29, 0.717) is 6.61 Å². The van der Waals surface area contributed by atoms with Gasteiger partial charge in [0.15, 0.2) is 9.84 Å². The average Bonchev–Trinajstić information content (AvgIpc) is 2.62. The Kier molecular flexibility index (Phi) is 4.55. The van der Waals surface area contributed by atoms with Crippen LogP contribution in [0.2, 0.25) is 0 Å². The number of hydrogen-bond donors (Lipinski definition) is 2. The Balaban J connectivity index is 1.96. The van der Waals surface area contributed by atoms with Gasteiger partial charge in [0.05, 0.1) is 23.2 Å². The molecule has 2 aliphatic heterocycles. The van der Waals surface area contributed by atoms with E-state index in [1.54, 1.807) is 0 Å². The first-order valence-electron chi connectivity index (χ1n) is 7.18. The molecule has 0 radical (unpaired) electrons. The van der Waals surface area contributed by atoms with Gasteiger partial charge >= 0.3 is 0 Å². The largest absolute Gasteiger partial charge is 0.390 e. The zero-order valence-electron chi connectivity index (χ0n) is 11.8. The van der Waals surface area contributed by atoms with Gasteiger partial charge in [-0.3, -0.25) is 0 Å². The van der Waals surface area contributed by atoms with Crippen molar-refractivity contribution in [3.8, 4) is 0 Å². The van der Waals surface area contributed by atoms with Crippen LogP contribution in [0.4, 0.5) is 0 Å². The van der Waals surface area contributed by atoms with Crippen LogP contribution >= 0.6 is 0 Å². The second-order valence-corrected chi connectivity index (χ2v) is 8.00. The first-order chi connectivity index (χ1) is 8.90. The van der Waals surface area contributed by atoms with Crippen molar-refractivity contribution in [3.05, 3.63) is 0 Å². The zero-order valence-corrected chi connectivity index (χ0v) is 12.6. The minimum Gasteiger partial charge on any atom is -0.390 e. The third kappa shape index (κ3) is 3.48. The molecule has 112 valence electrons. The first kappa shape index (κ1) is 15.2. The molecule has 0 amide bonds. The van der Waals surface area contributed by atoms with Gasteiger partial charge in [-0.2, -0.15) is 0 Å². The quantitative estimate of drug-likeness (QED) is 0.787. The van der Waals surface area contributed by atoms with Crippen LogP contribution in [-0.4, -0.2) is 55.4 Å². The fraction of sp³-hybridized carbons (Fsp3) is 1.00. The Bertz CT molecular complexity index is 405. The summed E-state index contributed by atoms with van der Waals surface area (Å²) >= 11 is 0. The summed E-state index contributed by atoms with van der Waals surface area (Å²) in [6, 6.07) is -0.0823. The molecule has 0 bridgehead atoms. The summed E-state index contributed by atoms with van der Waals surface area (Å²) in [6.07, 6.45) is 2.93. The van der Waals surface area contributed by atoms with Crippen LogP contribution in [0.1, 0.15) is 39.5 Å². The molecule has 0 saturated carbocycles. The number of ether oxygens (including phenoxy) is 1. The predicted molar refractivity (Wildman–Crippen MR) is 73.9 cm³/mol. The molecule has 0 aromatic carbocycles. The summed E-state index contributed by atoms with van der Waals surface area (Å²) in [6.45, 7) is 4.95. The van der Waals surface area contributed by atoms with Crippen LogP contribution in [0, 0.1) is 0 Å². The first-order valence-corrected chi connectivity index (χ1v) is 9.00. The molecular weight excluding hydrogens is 266 g/mol. The summed E-state index contributed by atoms with van der Waals surface area (Å²) in [5, 5.41) is 13.2. The molecule has 2 rings (SSSR count). The van der Waals surface area contributed by atoms with Crippen LogP contribution < -0.4 is 5.32 Å². The molecule has 2 N–H and O–H groups in total. The molecular formula is C13H25NO4S. The third-order valence-electron chi connectivity index (χ3n) is 4.55. The van der Waals surface area contributed by atoms with Crippen molar-refractivity contribution in [3.63, 3.8) is 0 Å². The summed E-state index contributed by atoms with van der Waals surface area (Å²) < 4.78 is 28.9. The lowest BCUT2D eigenvalue weighted by molar-refractivity contribution is -0.0948. The van der Waals surface area contributed by atoms with E-state index in [2.05, 4.69) is 19.2 Å². The van der Waals surface area contributed by atoms with Crippen molar-refractivity contribution in [2.45, 2.75) is 63.3 Å². The average molecular weight is 291 g/mol. The topological polar surface area (TPSA) is 75.6 Å². The standard InChI is InChI=1S/C13H25NO4S/c1-3-13(4-2)7-10(5-6-18-13)14-11-8-19(16,17)9-12(11)15/h10-12,14-15H,3-9H2,1-2H3. The Hall–Kier alpha value is -0.170. The van der Waals surface area contributed by atoms with E-state index in [1.807, 2.05) is 0 Å². The van der Waals surface area contributed by atoms with E-state index < -0.39 is 15.9 Å². The van der Waals surface area contributed by atoms with Gasteiger partial charge in [0, 0.05) is 18.7 Å². The Morgan fingerprint density at radius 3 is 2.53 bits per heavy atom. The monoisotopic (exact) mass is 291 g/mol. The number of rotatable bonds is 4. The molecule has 2 saturated heterocycles. The van der Waals surface area contributed by atoms with Gasteiger partial charge in [-0.1, -0.05) is 13.8 Å². The highest BCUT2D eigenvalue weighted by Gasteiger charge is 2.40. The van der Waals surface area contributed by atoms with Crippen LogP contribution in [0.15, 0.2) is 0 Å². The molecule has 3 atom stereocenters. The van der Waals surface area contributed by atoms with Crippen LogP contribution in [0.5, 0.6) is 0 Å². The molecule has 5 nitrogen and oxygen atoms in total. The third-order valence-corrected chi connectivity index (χ3v) is 6.27. The SMILES string of the molecule is CCC1(CC)CC(NC2CS(=O)(=O)CC2O)CCO1. The Morgan fingerprint density at radius 1 is 1.32 bits per heavy atom. The number of nitrogens with one attached hydrogen (secondary N) is 1. The zero-order chi connectivity index (χ0) is 14.1. The highest BCUT2D eigenvalue weighted by molar-refractivity contribution is 7.91. The van der Waals surface area contributed by atoms with Gasteiger partial charge in [0.1, 0.15) is 0 Å². The molecule has 19 heavy (non-hydrogen) atoms. The molecule has 2 heterocycles. The summed E-state index contributed by atoms with van der Waals surface area (Å²) in [4.78, 5) is 0. The molecule has 0 aromatic heterocycles. The van der Waals surface area contributed by atoms with Crippen molar-refractivity contribution in [2.24, 2.45) is 0 Å². The van der Waals surface area contributed by atoms with Gasteiger partial charge < -0.3 is 15.2 Å². The van der Waals surface area contributed by atoms with Gasteiger partial charge in [0.25, 0.3) is 0 Å². The fourth-order valence-corrected chi connectivity index (χ4v) is 4.96. The van der Waals surface area contributed by atoms with E-state index in [4.69, 9.17) is 4.74 Å². The van der Waals surface area contributed by atoms with E-state index in [9.17, 15) is 13.5 Å². The molecule has 3 unspecified atom stereocenters. The lowest BCUT2D eigenvalue weighted by Gasteiger charge is -2.41. The molecule has 0 spiro atoms. The van der Waals surface area contributed by atoms with Gasteiger partial charge in [0.2, 0.25) is 0 Å². The second-order valence-electron chi connectivity index (χ2n) is 5.85. The van der Waals surface area contributed by atoms with Crippen LogP contribution in [0.25, 0.3) is 0 Å². The number of hydrogen-bond acceptors (Lipinski definition) is 5. The molecule has 0 aliphatic carbocycles. The highest BCUT2D eigenvalue weighted by atomic mass is 32.2. The molecule has 6 heteroatoms. The van der Waals surface area contributed by atoms with E-state index in [0.717, 1.165) is 25.7 Å². The number of aliphatic hydroxyl groups is 1. The molecule has 0 aromatic rings. The van der Waals surface area contributed by atoms with Crippen molar-refractivity contribution >= 4 is 9.84 Å². The second kappa shape index (κ2) is 5.68. The minimum atomic E-state index is -3.08. The van der Waals surface area contributed by atoms with E-state index in [1.165, 1.54) is 0 Å². The Labute approximate surface area is 115 Å². The van der Waals surface area contributed by atoms with Crippen molar-refractivity contribution in [1.29, 1.82) is 0 Å². The molecule has 2 aliphatic rings. The maximum absolute atomic E-state index is 11.5. The lowest BCUT2D eigenvalue weighted by Crippen LogP contribution is -2.52. The van der Waals surface area contributed by atoms with Gasteiger partial charge in [-0.25, -0.2) is 8.42 Å². The van der Waals surface area contributed by atoms with E-state index >= 15 is 0 Å². The highest BCUT2D eigenvalue weighted by Crippen LogP contribution is 2.32. The summed E-state index contributed by atoms with van der Waals surface area (Å²) in [5.41, 5.74) is -0.0850. The molecule has 2 fully saturated rings. The number of sulfone groups is 1. The van der Waals surface area contributed by atoms with Crippen molar-refractivity contribution in [1.82, 2.24) is 5.32 Å². The number of aliphatic hydroxyl groups excluding tert-OH is 1. The normalized spacial score (nSPS) is 37.3. The smallest absolute Gasteiger partial charge is 0.154 e. The maximum Gasteiger partial charge on any atom is 0.154 e. The lowest BCUT2D eigenvalue weighted by atomic mass is 9.85. The maximum atomic E-state index is 11.5.